The van der Waals surface area contributed by atoms with E-state index in [2.05, 4.69) is 4.99 Å². The summed E-state index contributed by atoms with van der Waals surface area (Å²) in [5.41, 5.74) is 0.835. The van der Waals surface area contributed by atoms with Gasteiger partial charge in [-0.15, -0.1) is 0 Å². The highest BCUT2D eigenvalue weighted by atomic mass is 35.5. The zero-order chi connectivity index (χ0) is 20.2. The number of para-hydroxylation sites is 2. The van der Waals surface area contributed by atoms with Crippen LogP contribution in [0, 0.1) is 0 Å². The first-order valence-corrected chi connectivity index (χ1v) is 9.12. The summed E-state index contributed by atoms with van der Waals surface area (Å²) >= 11 is 6.09. The van der Waals surface area contributed by atoms with Crippen LogP contribution in [0.3, 0.4) is 0 Å². The van der Waals surface area contributed by atoms with Gasteiger partial charge in [0.15, 0.2) is 0 Å². The van der Waals surface area contributed by atoms with E-state index in [-0.39, 0.29) is 11.3 Å². The van der Waals surface area contributed by atoms with E-state index in [9.17, 15) is 9.59 Å². The number of rotatable bonds is 4. The van der Waals surface area contributed by atoms with Crippen molar-refractivity contribution in [2.45, 2.75) is 0 Å². The Balaban J connectivity index is 1.56. The summed E-state index contributed by atoms with van der Waals surface area (Å²) in [6.07, 6.45) is 1.61. The Labute approximate surface area is 170 Å². The van der Waals surface area contributed by atoms with Crippen molar-refractivity contribution in [2.75, 3.05) is 0 Å². The van der Waals surface area contributed by atoms with Gasteiger partial charge < -0.3 is 9.15 Å². The maximum absolute atomic E-state index is 12.5. The fourth-order valence-corrected chi connectivity index (χ4v) is 2.91. The minimum atomic E-state index is -0.787. The Kier molecular flexibility index (Phi) is 5.22. The summed E-state index contributed by atoms with van der Waals surface area (Å²) in [4.78, 5) is 28.9. The number of hydrogen-bond donors (Lipinski definition) is 0. The summed E-state index contributed by atoms with van der Waals surface area (Å²) in [6.45, 7) is 0. The zero-order valence-corrected chi connectivity index (χ0v) is 15.8. The molecular formula is C23H14ClNO4. The molecule has 0 aliphatic carbocycles. The Morgan fingerprint density at radius 3 is 2.62 bits per heavy atom. The minimum Gasteiger partial charge on any atom is -0.423 e. The number of carbonyl (C=O) groups is 1. The van der Waals surface area contributed by atoms with Gasteiger partial charge in [-0.3, -0.25) is 4.99 Å². The number of ether oxygens (including phenoxy) is 1. The molecule has 5 nitrogen and oxygen atoms in total. The molecule has 29 heavy (non-hydrogen) atoms. The third-order valence-electron chi connectivity index (χ3n) is 4.14. The van der Waals surface area contributed by atoms with E-state index in [0.717, 1.165) is 0 Å². The van der Waals surface area contributed by atoms with E-state index in [1.54, 1.807) is 60.8 Å². The largest absolute Gasteiger partial charge is 0.423 e. The zero-order valence-electron chi connectivity index (χ0n) is 15.0. The lowest BCUT2D eigenvalue weighted by Gasteiger charge is -2.05. The highest BCUT2D eigenvalue weighted by Crippen LogP contribution is 2.24. The first-order valence-electron chi connectivity index (χ1n) is 8.74. The molecule has 0 aliphatic heterocycles. The van der Waals surface area contributed by atoms with E-state index in [1.807, 2.05) is 18.2 Å². The van der Waals surface area contributed by atoms with Crippen LogP contribution >= 0.6 is 11.6 Å². The third-order valence-corrected chi connectivity index (χ3v) is 4.45. The number of benzene rings is 3. The van der Waals surface area contributed by atoms with E-state index >= 15 is 0 Å². The molecule has 142 valence electrons. The van der Waals surface area contributed by atoms with Crippen molar-refractivity contribution in [1.82, 2.24) is 0 Å². The summed E-state index contributed by atoms with van der Waals surface area (Å²) in [6, 6.07) is 22.4. The van der Waals surface area contributed by atoms with Crippen molar-refractivity contribution >= 4 is 40.4 Å². The Bertz CT molecular complexity index is 1290. The van der Waals surface area contributed by atoms with Gasteiger partial charge in [0.25, 0.3) is 0 Å². The van der Waals surface area contributed by atoms with Gasteiger partial charge in [0.1, 0.15) is 16.9 Å². The van der Waals surface area contributed by atoms with Crippen LogP contribution in [0.1, 0.15) is 15.9 Å². The van der Waals surface area contributed by atoms with Gasteiger partial charge in [0, 0.05) is 11.6 Å². The molecule has 1 aromatic heterocycles. The summed E-state index contributed by atoms with van der Waals surface area (Å²) in [5, 5.41) is 1.18. The fourth-order valence-electron chi connectivity index (χ4n) is 2.73. The Hall–Kier alpha value is -3.70. The third kappa shape index (κ3) is 4.25. The van der Waals surface area contributed by atoms with Crippen LogP contribution in [0.15, 0.2) is 93.1 Å². The Morgan fingerprint density at radius 1 is 0.966 bits per heavy atom. The molecule has 0 unspecified atom stereocenters. The maximum atomic E-state index is 12.5. The first kappa shape index (κ1) is 18.7. The smallest absolute Gasteiger partial charge is 0.351 e. The van der Waals surface area contributed by atoms with Crippen LogP contribution in [0.5, 0.6) is 5.75 Å². The molecule has 0 bridgehead atoms. The number of hydrogen-bond acceptors (Lipinski definition) is 5. The lowest BCUT2D eigenvalue weighted by atomic mass is 10.2. The number of aliphatic imine (C=N–C) groups is 1. The van der Waals surface area contributed by atoms with Gasteiger partial charge in [-0.05, 0) is 42.0 Å². The summed E-state index contributed by atoms with van der Waals surface area (Å²) < 4.78 is 10.5. The molecule has 0 saturated heterocycles. The van der Waals surface area contributed by atoms with Gasteiger partial charge in [-0.1, -0.05) is 54.1 Å². The summed E-state index contributed by atoms with van der Waals surface area (Å²) in [5.74, 6) is -0.504. The second kappa shape index (κ2) is 8.12. The van der Waals surface area contributed by atoms with Crippen LogP contribution in [0.25, 0.3) is 11.0 Å². The molecule has 0 fully saturated rings. The van der Waals surface area contributed by atoms with E-state index < -0.39 is 11.6 Å². The van der Waals surface area contributed by atoms with Gasteiger partial charge in [-0.2, -0.15) is 0 Å². The average Bonchev–Trinajstić information content (AvgIpc) is 2.73. The molecule has 4 rings (SSSR count). The van der Waals surface area contributed by atoms with Crippen molar-refractivity contribution in [3.05, 3.63) is 105 Å². The average molecular weight is 404 g/mol. The van der Waals surface area contributed by atoms with E-state index in [0.29, 0.717) is 27.2 Å². The van der Waals surface area contributed by atoms with Gasteiger partial charge >= 0.3 is 11.6 Å². The van der Waals surface area contributed by atoms with E-state index in [1.165, 1.54) is 6.07 Å². The number of nitrogens with zero attached hydrogens (tertiary/aromatic N) is 1. The minimum absolute atomic E-state index is 0.168. The van der Waals surface area contributed by atoms with Crippen molar-refractivity contribution in [1.29, 1.82) is 0 Å². The van der Waals surface area contributed by atoms with Crippen LogP contribution in [0.2, 0.25) is 5.02 Å². The molecule has 6 heteroatoms. The van der Waals surface area contributed by atoms with Gasteiger partial charge in [0.2, 0.25) is 0 Å². The molecule has 1 heterocycles. The predicted octanol–water partition coefficient (Wildman–Crippen LogP) is 5.42. The number of halogens is 1. The number of fused-ring (bicyclic) bond motifs is 1. The lowest BCUT2D eigenvalue weighted by molar-refractivity contribution is 0.0730. The Morgan fingerprint density at radius 2 is 1.76 bits per heavy atom. The molecule has 4 aromatic rings. The fraction of sp³-hybridized carbons (Fsp3) is 0. The highest BCUT2D eigenvalue weighted by molar-refractivity contribution is 6.33. The number of carbonyl (C=O) groups excluding carboxylic acids is 1. The molecule has 0 atom stereocenters. The summed E-state index contributed by atoms with van der Waals surface area (Å²) in [7, 11) is 0. The monoisotopic (exact) mass is 403 g/mol. The lowest BCUT2D eigenvalue weighted by Crippen LogP contribution is -2.18. The van der Waals surface area contributed by atoms with Gasteiger partial charge in [0.05, 0.1) is 10.7 Å². The molecular weight excluding hydrogens is 390 g/mol. The maximum Gasteiger partial charge on any atom is 0.351 e. The highest BCUT2D eigenvalue weighted by Gasteiger charge is 2.16. The van der Waals surface area contributed by atoms with Crippen LogP contribution in [0.4, 0.5) is 5.69 Å². The van der Waals surface area contributed by atoms with Crippen molar-refractivity contribution in [3.63, 3.8) is 0 Å². The van der Waals surface area contributed by atoms with Crippen molar-refractivity contribution in [3.8, 4) is 5.75 Å². The van der Waals surface area contributed by atoms with E-state index in [4.69, 9.17) is 20.8 Å². The second-order valence-electron chi connectivity index (χ2n) is 6.16. The van der Waals surface area contributed by atoms with Crippen LogP contribution < -0.4 is 10.4 Å². The normalized spacial score (nSPS) is 11.1. The molecule has 3 aromatic carbocycles. The molecule has 0 saturated carbocycles. The van der Waals surface area contributed by atoms with Crippen molar-refractivity contribution in [2.24, 2.45) is 4.99 Å². The topological polar surface area (TPSA) is 68.9 Å². The number of esters is 1. The molecule has 0 aliphatic rings. The standard InChI is InChI=1S/C23H14ClNO4/c24-19-9-2-3-10-20(19)25-14-15-6-5-8-17(12-15)28-22(26)18-13-16-7-1-4-11-21(16)29-23(18)27/h1-14H. The van der Waals surface area contributed by atoms with Gasteiger partial charge in [-0.25, -0.2) is 9.59 Å². The van der Waals surface area contributed by atoms with Crippen LogP contribution in [-0.2, 0) is 0 Å². The SMILES string of the molecule is O=C(Oc1cccc(C=Nc2ccccc2Cl)c1)c1cc2ccccc2oc1=O. The predicted molar refractivity (Wildman–Crippen MR) is 113 cm³/mol. The second-order valence-corrected chi connectivity index (χ2v) is 6.56. The quantitative estimate of drug-likeness (QED) is 0.197. The first-order chi connectivity index (χ1) is 14.1. The molecule has 0 amide bonds. The van der Waals surface area contributed by atoms with Crippen molar-refractivity contribution < 1.29 is 13.9 Å². The molecule has 0 radical (unpaired) electrons. The molecule has 0 N–H and O–H groups in total. The molecule has 0 spiro atoms. The van der Waals surface area contributed by atoms with Crippen LogP contribution in [-0.4, -0.2) is 12.2 Å².